The molecule has 0 aliphatic rings. The minimum atomic E-state index is 0.680. The van der Waals surface area contributed by atoms with Crippen molar-refractivity contribution in [2.45, 2.75) is 10.9 Å². The lowest BCUT2D eigenvalue weighted by atomic mass is 10.1. The smallest absolute Gasteiger partial charge is 0.166 e. The number of benzene rings is 3. The molecule has 1 heterocycles. The van der Waals surface area contributed by atoms with Crippen molar-refractivity contribution in [2.24, 2.45) is 0 Å². The summed E-state index contributed by atoms with van der Waals surface area (Å²) in [7, 11) is 0. The molecule has 1 aromatic heterocycles. The molecule has 0 aliphatic heterocycles. The Kier molecular flexibility index (Phi) is 5.04. The van der Waals surface area contributed by atoms with E-state index in [1.165, 1.54) is 0 Å². The van der Waals surface area contributed by atoms with Crippen molar-refractivity contribution in [1.82, 2.24) is 9.97 Å². The van der Waals surface area contributed by atoms with Crippen LogP contribution in [0.1, 0.15) is 11.1 Å². The number of H-pyrrole nitrogens is 1. The van der Waals surface area contributed by atoms with Gasteiger partial charge in [0.2, 0.25) is 0 Å². The van der Waals surface area contributed by atoms with Crippen LogP contribution >= 0.6 is 11.8 Å². The number of nitrogens with one attached hydrogen (secondary N) is 1. The third-order valence-electron chi connectivity index (χ3n) is 4.25. The van der Waals surface area contributed by atoms with Crippen molar-refractivity contribution >= 4 is 11.8 Å². The average molecular weight is 367 g/mol. The number of imidazole rings is 1. The molecule has 0 atom stereocenters. The molecular weight excluding hydrogens is 350 g/mol. The Labute approximate surface area is 162 Å². The van der Waals surface area contributed by atoms with Crippen LogP contribution in [0.4, 0.5) is 0 Å². The van der Waals surface area contributed by atoms with E-state index in [0.29, 0.717) is 5.56 Å². The minimum absolute atomic E-state index is 0.680. The van der Waals surface area contributed by atoms with Crippen molar-refractivity contribution in [2.75, 3.05) is 0 Å². The van der Waals surface area contributed by atoms with Crippen LogP contribution in [0, 0.1) is 11.3 Å². The van der Waals surface area contributed by atoms with Gasteiger partial charge in [-0.1, -0.05) is 84.6 Å². The molecular formula is C23H17N3S. The summed E-state index contributed by atoms with van der Waals surface area (Å²) < 4.78 is 0. The second-order valence-corrected chi connectivity index (χ2v) is 7.06. The molecule has 1 N–H and O–H groups in total. The van der Waals surface area contributed by atoms with Gasteiger partial charge in [0.1, 0.15) is 0 Å². The normalized spacial score (nSPS) is 10.5. The Hall–Kier alpha value is -3.29. The van der Waals surface area contributed by atoms with Crippen LogP contribution in [0.25, 0.3) is 22.5 Å². The molecule has 0 bridgehead atoms. The predicted molar refractivity (Wildman–Crippen MR) is 110 cm³/mol. The first kappa shape index (κ1) is 17.1. The largest absolute Gasteiger partial charge is 0.332 e. The highest BCUT2D eigenvalue weighted by Gasteiger charge is 2.14. The van der Waals surface area contributed by atoms with Gasteiger partial charge in [-0.05, 0) is 17.7 Å². The lowest BCUT2D eigenvalue weighted by Gasteiger charge is -2.02. The van der Waals surface area contributed by atoms with Crippen LogP contribution in [0.15, 0.2) is 90.1 Å². The molecule has 0 saturated heterocycles. The van der Waals surface area contributed by atoms with Crippen molar-refractivity contribution in [3.63, 3.8) is 0 Å². The summed E-state index contributed by atoms with van der Waals surface area (Å²) in [5.74, 6) is 0.793. The summed E-state index contributed by atoms with van der Waals surface area (Å²) in [5, 5.41) is 9.80. The van der Waals surface area contributed by atoms with Crippen LogP contribution < -0.4 is 0 Å². The van der Waals surface area contributed by atoms with E-state index < -0.39 is 0 Å². The third-order valence-corrected chi connectivity index (χ3v) is 5.19. The maximum atomic E-state index is 8.92. The standard InChI is InChI=1S/C23H17N3S/c24-15-17-11-13-18(14-12-17)16-27-23-25-21(19-7-3-1-4-8-19)22(26-23)20-9-5-2-6-10-20/h1-14H,16H2,(H,25,26). The molecule has 27 heavy (non-hydrogen) atoms. The van der Waals surface area contributed by atoms with Gasteiger partial charge in [-0.15, -0.1) is 0 Å². The molecule has 130 valence electrons. The number of nitriles is 1. The minimum Gasteiger partial charge on any atom is -0.332 e. The fourth-order valence-corrected chi connectivity index (χ4v) is 3.69. The molecule has 3 aromatic carbocycles. The molecule has 4 rings (SSSR count). The van der Waals surface area contributed by atoms with E-state index in [4.69, 9.17) is 10.2 Å². The Morgan fingerprint density at radius 1 is 0.815 bits per heavy atom. The van der Waals surface area contributed by atoms with E-state index in [2.05, 4.69) is 35.3 Å². The van der Waals surface area contributed by atoms with Gasteiger partial charge < -0.3 is 4.98 Å². The zero-order valence-electron chi connectivity index (χ0n) is 14.6. The number of thioether (sulfide) groups is 1. The Bertz CT molecular complexity index is 1010. The van der Waals surface area contributed by atoms with Gasteiger partial charge in [0.05, 0.1) is 23.0 Å². The Morgan fingerprint density at radius 2 is 1.44 bits per heavy atom. The molecule has 3 nitrogen and oxygen atoms in total. The maximum absolute atomic E-state index is 8.92. The molecule has 4 heteroatoms. The van der Waals surface area contributed by atoms with Crippen LogP contribution in [0.2, 0.25) is 0 Å². The predicted octanol–water partition coefficient (Wildman–Crippen LogP) is 5.91. The zero-order chi connectivity index (χ0) is 18.5. The quantitative estimate of drug-likeness (QED) is 0.446. The number of rotatable bonds is 5. The van der Waals surface area contributed by atoms with Crippen molar-refractivity contribution in [3.8, 4) is 28.6 Å². The summed E-state index contributed by atoms with van der Waals surface area (Å²) in [6.45, 7) is 0. The number of hydrogen-bond acceptors (Lipinski definition) is 3. The third kappa shape index (κ3) is 3.94. The number of hydrogen-bond donors (Lipinski definition) is 1. The first-order chi connectivity index (χ1) is 13.3. The Balaban J connectivity index is 1.63. The second-order valence-electron chi connectivity index (χ2n) is 6.10. The topological polar surface area (TPSA) is 52.5 Å². The van der Waals surface area contributed by atoms with E-state index in [9.17, 15) is 0 Å². The van der Waals surface area contributed by atoms with Crippen LogP contribution in [-0.2, 0) is 5.75 Å². The van der Waals surface area contributed by atoms with E-state index in [0.717, 1.165) is 39.0 Å². The molecule has 0 radical (unpaired) electrons. The molecule has 0 aliphatic carbocycles. The summed E-state index contributed by atoms with van der Waals surface area (Å²) >= 11 is 1.66. The highest BCUT2D eigenvalue weighted by atomic mass is 32.2. The van der Waals surface area contributed by atoms with Crippen LogP contribution in [0.5, 0.6) is 0 Å². The Morgan fingerprint density at radius 3 is 2.07 bits per heavy atom. The van der Waals surface area contributed by atoms with Crippen LogP contribution in [-0.4, -0.2) is 9.97 Å². The molecule has 0 saturated carbocycles. The number of aromatic nitrogens is 2. The van der Waals surface area contributed by atoms with Gasteiger partial charge in [-0.2, -0.15) is 5.26 Å². The summed E-state index contributed by atoms with van der Waals surface area (Å²) in [5.41, 5.74) is 6.05. The van der Waals surface area contributed by atoms with Gasteiger partial charge in [-0.25, -0.2) is 4.98 Å². The van der Waals surface area contributed by atoms with Gasteiger partial charge in [-0.3, -0.25) is 0 Å². The maximum Gasteiger partial charge on any atom is 0.166 e. The molecule has 0 amide bonds. The monoisotopic (exact) mass is 367 g/mol. The van der Waals surface area contributed by atoms with Crippen molar-refractivity contribution in [1.29, 1.82) is 5.26 Å². The summed E-state index contributed by atoms with van der Waals surface area (Å²) in [4.78, 5) is 8.35. The lowest BCUT2D eigenvalue weighted by molar-refractivity contribution is 1.06. The number of aromatic amines is 1. The van der Waals surface area contributed by atoms with Crippen molar-refractivity contribution < 1.29 is 0 Å². The SMILES string of the molecule is N#Cc1ccc(CSc2nc(-c3ccccc3)c(-c3ccccc3)[nH]2)cc1. The van der Waals surface area contributed by atoms with E-state index >= 15 is 0 Å². The van der Waals surface area contributed by atoms with Crippen molar-refractivity contribution in [3.05, 3.63) is 96.1 Å². The first-order valence-corrected chi connectivity index (χ1v) is 9.65. The van der Waals surface area contributed by atoms with Gasteiger partial charge >= 0.3 is 0 Å². The molecule has 0 unspecified atom stereocenters. The average Bonchev–Trinajstić information content (AvgIpc) is 3.18. The highest BCUT2D eigenvalue weighted by Crippen LogP contribution is 2.33. The van der Waals surface area contributed by atoms with Gasteiger partial charge in [0.25, 0.3) is 0 Å². The highest BCUT2D eigenvalue weighted by molar-refractivity contribution is 7.98. The molecule has 0 fully saturated rings. The van der Waals surface area contributed by atoms with E-state index in [1.54, 1.807) is 11.8 Å². The first-order valence-electron chi connectivity index (χ1n) is 8.66. The van der Waals surface area contributed by atoms with Crippen LogP contribution in [0.3, 0.4) is 0 Å². The molecule has 0 spiro atoms. The summed E-state index contributed by atoms with van der Waals surface area (Å²) in [6.07, 6.45) is 0. The fraction of sp³-hybridized carbons (Fsp3) is 0.0435. The van der Waals surface area contributed by atoms with E-state index in [-0.39, 0.29) is 0 Å². The number of nitrogens with zero attached hydrogens (tertiary/aromatic N) is 2. The lowest BCUT2D eigenvalue weighted by Crippen LogP contribution is -1.83. The van der Waals surface area contributed by atoms with Gasteiger partial charge in [0, 0.05) is 16.9 Å². The summed E-state index contributed by atoms with van der Waals surface area (Å²) in [6, 6.07) is 30.3. The zero-order valence-corrected chi connectivity index (χ0v) is 15.4. The second kappa shape index (κ2) is 7.94. The fourth-order valence-electron chi connectivity index (χ4n) is 2.87. The van der Waals surface area contributed by atoms with Gasteiger partial charge in [0.15, 0.2) is 5.16 Å². The van der Waals surface area contributed by atoms with E-state index in [1.807, 2.05) is 60.7 Å². The molecule has 4 aromatic rings.